The maximum atomic E-state index is 13.0. The number of benzene rings is 2. The first kappa shape index (κ1) is 18.2. The number of nitrogens with one attached hydrogen (secondary N) is 1. The summed E-state index contributed by atoms with van der Waals surface area (Å²) in [5.74, 6) is -0.657. The van der Waals surface area contributed by atoms with Gasteiger partial charge in [-0.3, -0.25) is 9.59 Å². The van der Waals surface area contributed by atoms with Crippen LogP contribution in [0.3, 0.4) is 0 Å². The molecular weight excluding hydrogens is 377 g/mol. The standard InChI is InChI=1S/C21H16FN3O2S/c1-25-17-9-8-15(24-19(26)11-13-4-6-14(22)7-5-13)12-18(17)28-20-16(21(25)27)3-2-10-23-20/h2-10,12H,11H2,1H3,(H,24,26). The first-order valence-electron chi connectivity index (χ1n) is 8.60. The minimum Gasteiger partial charge on any atom is -0.326 e. The molecule has 2 amide bonds. The Kier molecular flexibility index (Phi) is 4.83. The number of hydrogen-bond acceptors (Lipinski definition) is 4. The van der Waals surface area contributed by atoms with Gasteiger partial charge in [-0.25, -0.2) is 9.37 Å². The number of carbonyl (C=O) groups is 2. The van der Waals surface area contributed by atoms with Crippen LogP contribution in [-0.4, -0.2) is 23.8 Å². The summed E-state index contributed by atoms with van der Waals surface area (Å²) in [4.78, 5) is 31.7. The van der Waals surface area contributed by atoms with Gasteiger partial charge in [-0.05, 0) is 48.0 Å². The zero-order chi connectivity index (χ0) is 19.7. The van der Waals surface area contributed by atoms with Gasteiger partial charge in [0.25, 0.3) is 5.91 Å². The van der Waals surface area contributed by atoms with E-state index in [1.54, 1.807) is 54.5 Å². The maximum Gasteiger partial charge on any atom is 0.260 e. The van der Waals surface area contributed by atoms with Crippen LogP contribution in [0, 0.1) is 5.82 Å². The smallest absolute Gasteiger partial charge is 0.260 e. The van der Waals surface area contributed by atoms with Gasteiger partial charge in [0.1, 0.15) is 10.8 Å². The van der Waals surface area contributed by atoms with Gasteiger partial charge in [-0.15, -0.1) is 0 Å². The topological polar surface area (TPSA) is 62.3 Å². The second kappa shape index (κ2) is 7.44. The summed E-state index contributed by atoms with van der Waals surface area (Å²) < 4.78 is 13.0. The minimum atomic E-state index is -0.334. The normalized spacial score (nSPS) is 12.8. The summed E-state index contributed by atoms with van der Waals surface area (Å²) in [6, 6.07) is 14.7. The number of nitrogens with zero attached hydrogens (tertiary/aromatic N) is 2. The van der Waals surface area contributed by atoms with Crippen LogP contribution < -0.4 is 10.2 Å². The summed E-state index contributed by atoms with van der Waals surface area (Å²) in [6.07, 6.45) is 1.80. The molecule has 2 heterocycles. The van der Waals surface area contributed by atoms with Crippen molar-refractivity contribution < 1.29 is 14.0 Å². The highest BCUT2D eigenvalue weighted by Gasteiger charge is 2.25. The van der Waals surface area contributed by atoms with Crippen molar-refractivity contribution in [1.82, 2.24) is 4.98 Å². The highest BCUT2D eigenvalue weighted by atomic mass is 32.2. The number of amides is 2. The van der Waals surface area contributed by atoms with Crippen LogP contribution in [0.25, 0.3) is 0 Å². The molecule has 140 valence electrons. The number of aromatic nitrogens is 1. The summed E-state index contributed by atoms with van der Waals surface area (Å²) >= 11 is 1.39. The lowest BCUT2D eigenvalue weighted by atomic mass is 10.1. The molecule has 28 heavy (non-hydrogen) atoms. The Morgan fingerprint density at radius 3 is 2.75 bits per heavy atom. The molecule has 2 aromatic carbocycles. The molecule has 1 aromatic heterocycles. The van der Waals surface area contributed by atoms with E-state index in [1.807, 2.05) is 6.07 Å². The lowest BCUT2D eigenvalue weighted by Gasteiger charge is -2.18. The molecule has 0 radical (unpaired) electrons. The second-order valence-electron chi connectivity index (χ2n) is 6.36. The van der Waals surface area contributed by atoms with Crippen molar-refractivity contribution in [2.75, 3.05) is 17.3 Å². The van der Waals surface area contributed by atoms with Gasteiger partial charge in [0.2, 0.25) is 5.91 Å². The molecule has 0 saturated heterocycles. The molecule has 0 saturated carbocycles. The Morgan fingerprint density at radius 2 is 1.96 bits per heavy atom. The second-order valence-corrected chi connectivity index (χ2v) is 7.39. The van der Waals surface area contributed by atoms with Crippen LogP contribution >= 0.6 is 11.8 Å². The van der Waals surface area contributed by atoms with Crippen LogP contribution in [0.2, 0.25) is 0 Å². The van der Waals surface area contributed by atoms with Gasteiger partial charge >= 0.3 is 0 Å². The Morgan fingerprint density at radius 1 is 1.18 bits per heavy atom. The lowest BCUT2D eigenvalue weighted by Crippen LogP contribution is -2.26. The van der Waals surface area contributed by atoms with E-state index in [1.165, 1.54) is 23.9 Å². The molecule has 1 N–H and O–H groups in total. The summed E-state index contributed by atoms with van der Waals surface area (Å²) in [7, 11) is 1.72. The summed E-state index contributed by atoms with van der Waals surface area (Å²) in [6.45, 7) is 0. The van der Waals surface area contributed by atoms with E-state index in [9.17, 15) is 14.0 Å². The van der Waals surface area contributed by atoms with Crippen molar-refractivity contribution in [3.63, 3.8) is 0 Å². The van der Waals surface area contributed by atoms with Crippen molar-refractivity contribution in [3.05, 3.63) is 77.7 Å². The van der Waals surface area contributed by atoms with Crippen LogP contribution in [0.1, 0.15) is 15.9 Å². The fourth-order valence-corrected chi connectivity index (χ4v) is 4.06. The average Bonchev–Trinajstić information content (AvgIpc) is 2.79. The predicted molar refractivity (Wildman–Crippen MR) is 106 cm³/mol. The molecule has 0 aliphatic carbocycles. The third kappa shape index (κ3) is 3.61. The van der Waals surface area contributed by atoms with E-state index < -0.39 is 0 Å². The van der Waals surface area contributed by atoms with Crippen molar-refractivity contribution in [1.29, 1.82) is 0 Å². The molecule has 7 heteroatoms. The Hall–Kier alpha value is -3.19. The molecule has 0 atom stereocenters. The van der Waals surface area contributed by atoms with E-state index >= 15 is 0 Å². The van der Waals surface area contributed by atoms with Crippen molar-refractivity contribution in [2.45, 2.75) is 16.3 Å². The summed E-state index contributed by atoms with van der Waals surface area (Å²) in [5.41, 5.74) is 2.66. The summed E-state index contributed by atoms with van der Waals surface area (Å²) in [5, 5.41) is 3.49. The fraction of sp³-hybridized carbons (Fsp3) is 0.0952. The monoisotopic (exact) mass is 393 g/mol. The van der Waals surface area contributed by atoms with E-state index in [0.29, 0.717) is 16.3 Å². The van der Waals surface area contributed by atoms with Crippen molar-refractivity contribution >= 4 is 35.0 Å². The number of anilines is 2. The van der Waals surface area contributed by atoms with Gasteiger partial charge in [0.05, 0.1) is 17.7 Å². The lowest BCUT2D eigenvalue weighted by molar-refractivity contribution is -0.115. The third-order valence-corrected chi connectivity index (χ3v) is 5.46. The van der Waals surface area contributed by atoms with Gasteiger partial charge in [-0.1, -0.05) is 23.9 Å². The quantitative estimate of drug-likeness (QED) is 0.726. The highest BCUT2D eigenvalue weighted by molar-refractivity contribution is 7.99. The van der Waals surface area contributed by atoms with Crippen molar-refractivity contribution in [3.8, 4) is 0 Å². The van der Waals surface area contributed by atoms with E-state index in [4.69, 9.17) is 0 Å². The van der Waals surface area contributed by atoms with Gasteiger partial charge in [0.15, 0.2) is 0 Å². The Labute approximate surface area is 165 Å². The maximum absolute atomic E-state index is 13.0. The van der Waals surface area contributed by atoms with E-state index in [-0.39, 0.29) is 24.1 Å². The molecular formula is C21H16FN3O2S. The van der Waals surface area contributed by atoms with E-state index in [0.717, 1.165) is 16.1 Å². The van der Waals surface area contributed by atoms with Gasteiger partial charge in [-0.2, -0.15) is 0 Å². The molecule has 0 bridgehead atoms. The third-order valence-electron chi connectivity index (χ3n) is 4.40. The van der Waals surface area contributed by atoms with Crippen LogP contribution in [0.5, 0.6) is 0 Å². The Bertz CT molecular complexity index is 1070. The van der Waals surface area contributed by atoms with Crippen LogP contribution in [0.4, 0.5) is 15.8 Å². The van der Waals surface area contributed by atoms with Gasteiger partial charge < -0.3 is 10.2 Å². The van der Waals surface area contributed by atoms with Crippen LogP contribution in [-0.2, 0) is 11.2 Å². The Balaban J connectivity index is 1.57. The molecule has 0 spiro atoms. The number of pyridine rings is 1. The first-order valence-corrected chi connectivity index (χ1v) is 9.42. The molecule has 0 unspecified atom stereocenters. The van der Waals surface area contributed by atoms with Crippen molar-refractivity contribution in [2.24, 2.45) is 0 Å². The predicted octanol–water partition coefficient (Wildman–Crippen LogP) is 4.14. The fourth-order valence-electron chi connectivity index (χ4n) is 2.97. The van der Waals surface area contributed by atoms with E-state index in [2.05, 4.69) is 10.3 Å². The highest BCUT2D eigenvalue weighted by Crippen LogP contribution is 2.41. The number of carbonyl (C=O) groups excluding carboxylic acids is 2. The molecule has 1 aliphatic heterocycles. The number of halogens is 1. The SMILES string of the molecule is CN1C(=O)c2cccnc2Sc2cc(NC(=O)Cc3ccc(F)cc3)ccc21. The molecule has 5 nitrogen and oxygen atoms in total. The van der Waals surface area contributed by atoms with Gasteiger partial charge in [0, 0.05) is 23.8 Å². The molecule has 0 fully saturated rings. The van der Waals surface area contributed by atoms with Crippen LogP contribution in [0.15, 0.2) is 70.7 Å². The molecule has 4 rings (SSSR count). The number of rotatable bonds is 3. The number of hydrogen-bond donors (Lipinski definition) is 1. The molecule has 1 aliphatic rings. The first-order chi connectivity index (χ1) is 13.5. The zero-order valence-corrected chi connectivity index (χ0v) is 15.8. The minimum absolute atomic E-state index is 0.123. The average molecular weight is 393 g/mol. The number of fused-ring (bicyclic) bond motifs is 2. The zero-order valence-electron chi connectivity index (χ0n) is 15.0. The largest absolute Gasteiger partial charge is 0.326 e. The molecule has 3 aromatic rings.